The topological polar surface area (TPSA) is 55.4 Å². The van der Waals surface area contributed by atoms with E-state index in [9.17, 15) is 9.59 Å². The summed E-state index contributed by atoms with van der Waals surface area (Å²) >= 11 is 0. The van der Waals surface area contributed by atoms with Crippen LogP contribution >= 0.6 is 0 Å². The molecule has 0 aromatic heterocycles. The normalized spacial score (nSPS) is 9.20. The molecular weight excluding hydrogens is 194 g/mol. The number of carbonyl (C=O) groups excluding carboxylic acids is 2. The summed E-state index contributed by atoms with van der Waals surface area (Å²) in [6.45, 7) is 10.9. The van der Waals surface area contributed by atoms with Crippen LogP contribution in [0.3, 0.4) is 0 Å². The molecule has 1 N–H and O–H groups in total. The van der Waals surface area contributed by atoms with E-state index in [1.807, 2.05) is 6.92 Å². The number of hydrogen-bond acceptors (Lipinski definition) is 3. The van der Waals surface area contributed by atoms with E-state index in [4.69, 9.17) is 4.74 Å². The standard InChI is InChI=1S/C11H17NO3/c1-5-9(4)11(14)15-7-6-12-10(13)8(2)3/h2,4-7H2,1,3H3,(H,12,13). The van der Waals surface area contributed by atoms with E-state index < -0.39 is 5.97 Å². The molecule has 15 heavy (non-hydrogen) atoms. The van der Waals surface area contributed by atoms with Crippen LogP contribution in [0.1, 0.15) is 20.3 Å². The maximum atomic E-state index is 11.1. The summed E-state index contributed by atoms with van der Waals surface area (Å²) in [6.07, 6.45) is 0.566. The highest BCUT2D eigenvalue weighted by atomic mass is 16.5. The van der Waals surface area contributed by atoms with Crippen LogP contribution in [0.5, 0.6) is 0 Å². The van der Waals surface area contributed by atoms with Crippen molar-refractivity contribution in [3.63, 3.8) is 0 Å². The second kappa shape index (κ2) is 6.81. The zero-order valence-electron chi connectivity index (χ0n) is 9.26. The van der Waals surface area contributed by atoms with Crippen molar-refractivity contribution >= 4 is 11.9 Å². The number of ether oxygens (including phenoxy) is 1. The molecule has 84 valence electrons. The maximum absolute atomic E-state index is 11.1. The average Bonchev–Trinajstić information content (AvgIpc) is 2.22. The Morgan fingerprint density at radius 1 is 1.33 bits per heavy atom. The molecule has 0 fully saturated rings. The molecule has 0 saturated heterocycles. The minimum Gasteiger partial charge on any atom is -0.460 e. The van der Waals surface area contributed by atoms with Gasteiger partial charge in [-0.2, -0.15) is 0 Å². The van der Waals surface area contributed by atoms with Gasteiger partial charge in [0.05, 0.1) is 6.54 Å². The van der Waals surface area contributed by atoms with Crippen LogP contribution in [0.4, 0.5) is 0 Å². The molecule has 0 aromatic carbocycles. The van der Waals surface area contributed by atoms with E-state index in [0.717, 1.165) is 0 Å². The Kier molecular flexibility index (Phi) is 6.09. The second-order valence-electron chi connectivity index (χ2n) is 3.13. The molecule has 0 atom stereocenters. The highest BCUT2D eigenvalue weighted by Crippen LogP contribution is 1.98. The number of esters is 1. The van der Waals surface area contributed by atoms with Gasteiger partial charge < -0.3 is 10.1 Å². The Bertz CT molecular complexity index is 282. The first-order chi connectivity index (χ1) is 6.99. The molecule has 0 saturated carbocycles. The summed E-state index contributed by atoms with van der Waals surface area (Å²) < 4.78 is 4.84. The molecular formula is C11H17NO3. The van der Waals surface area contributed by atoms with Crippen molar-refractivity contribution in [2.24, 2.45) is 0 Å². The molecule has 0 unspecified atom stereocenters. The molecule has 1 amide bonds. The van der Waals surface area contributed by atoms with Crippen molar-refractivity contribution in [1.82, 2.24) is 5.32 Å². The Hall–Kier alpha value is -1.58. The van der Waals surface area contributed by atoms with Gasteiger partial charge in [-0.3, -0.25) is 4.79 Å². The summed E-state index contributed by atoms with van der Waals surface area (Å²) in [5.74, 6) is -0.651. The Balaban J connectivity index is 3.64. The minimum atomic E-state index is -0.415. The lowest BCUT2D eigenvalue weighted by Crippen LogP contribution is -2.28. The molecule has 0 bridgehead atoms. The zero-order chi connectivity index (χ0) is 11.8. The van der Waals surface area contributed by atoms with Gasteiger partial charge in [0.25, 0.3) is 0 Å². The summed E-state index contributed by atoms with van der Waals surface area (Å²) in [7, 11) is 0. The molecule has 0 radical (unpaired) electrons. The van der Waals surface area contributed by atoms with E-state index in [-0.39, 0.29) is 19.1 Å². The fourth-order valence-corrected chi connectivity index (χ4v) is 0.706. The minimum absolute atomic E-state index is 0.150. The van der Waals surface area contributed by atoms with Gasteiger partial charge >= 0.3 is 5.97 Å². The van der Waals surface area contributed by atoms with Crippen molar-refractivity contribution in [3.8, 4) is 0 Å². The summed E-state index contributed by atoms with van der Waals surface area (Å²) in [4.78, 5) is 22.1. The van der Waals surface area contributed by atoms with Gasteiger partial charge in [-0.1, -0.05) is 20.1 Å². The van der Waals surface area contributed by atoms with Gasteiger partial charge in [0.15, 0.2) is 0 Å². The largest absolute Gasteiger partial charge is 0.460 e. The predicted octanol–water partition coefficient (Wildman–Crippen LogP) is 1.19. The van der Waals surface area contributed by atoms with Crippen molar-refractivity contribution in [3.05, 3.63) is 24.3 Å². The van der Waals surface area contributed by atoms with E-state index in [0.29, 0.717) is 17.6 Å². The number of amides is 1. The lowest BCUT2D eigenvalue weighted by Gasteiger charge is -2.06. The third kappa shape index (κ3) is 5.67. The smallest absolute Gasteiger partial charge is 0.333 e. The molecule has 0 aliphatic heterocycles. The number of rotatable bonds is 6. The zero-order valence-corrected chi connectivity index (χ0v) is 9.26. The summed E-state index contributed by atoms with van der Waals surface area (Å²) in [5, 5.41) is 2.55. The van der Waals surface area contributed by atoms with Gasteiger partial charge in [0, 0.05) is 11.1 Å². The third-order valence-electron chi connectivity index (χ3n) is 1.72. The Morgan fingerprint density at radius 2 is 1.93 bits per heavy atom. The van der Waals surface area contributed by atoms with Crippen LogP contribution in [-0.4, -0.2) is 25.0 Å². The van der Waals surface area contributed by atoms with Gasteiger partial charge in [-0.25, -0.2) is 4.79 Å². The highest BCUT2D eigenvalue weighted by Gasteiger charge is 2.06. The Morgan fingerprint density at radius 3 is 2.40 bits per heavy atom. The SMILES string of the molecule is C=C(C)C(=O)NCCOC(=O)C(=C)CC. The average molecular weight is 211 g/mol. The quantitative estimate of drug-likeness (QED) is 0.408. The van der Waals surface area contributed by atoms with E-state index in [1.165, 1.54) is 0 Å². The third-order valence-corrected chi connectivity index (χ3v) is 1.72. The number of carbonyl (C=O) groups is 2. The van der Waals surface area contributed by atoms with Crippen molar-refractivity contribution in [1.29, 1.82) is 0 Å². The van der Waals surface area contributed by atoms with Crippen LogP contribution in [0.25, 0.3) is 0 Å². The summed E-state index contributed by atoms with van der Waals surface area (Å²) in [5.41, 5.74) is 0.862. The van der Waals surface area contributed by atoms with Crippen LogP contribution in [0, 0.1) is 0 Å². The molecule has 0 aliphatic carbocycles. The lowest BCUT2D eigenvalue weighted by atomic mass is 10.2. The van der Waals surface area contributed by atoms with Crippen LogP contribution in [-0.2, 0) is 14.3 Å². The molecule has 0 spiro atoms. The van der Waals surface area contributed by atoms with E-state index in [1.54, 1.807) is 6.92 Å². The van der Waals surface area contributed by atoms with Gasteiger partial charge in [-0.05, 0) is 13.3 Å². The van der Waals surface area contributed by atoms with E-state index in [2.05, 4.69) is 18.5 Å². The first kappa shape index (κ1) is 13.4. The lowest BCUT2D eigenvalue weighted by molar-refractivity contribution is -0.139. The monoisotopic (exact) mass is 211 g/mol. The van der Waals surface area contributed by atoms with Crippen LogP contribution in [0.15, 0.2) is 24.3 Å². The van der Waals surface area contributed by atoms with Crippen LogP contribution in [0.2, 0.25) is 0 Å². The predicted molar refractivity (Wildman–Crippen MR) is 58.2 cm³/mol. The summed E-state index contributed by atoms with van der Waals surface area (Å²) in [6, 6.07) is 0. The highest BCUT2D eigenvalue weighted by molar-refractivity contribution is 5.92. The fraction of sp³-hybridized carbons (Fsp3) is 0.455. The Labute approximate surface area is 90.0 Å². The van der Waals surface area contributed by atoms with Crippen molar-refractivity contribution in [2.45, 2.75) is 20.3 Å². The second-order valence-corrected chi connectivity index (χ2v) is 3.13. The molecule has 0 rings (SSSR count). The van der Waals surface area contributed by atoms with Gasteiger partial charge in [-0.15, -0.1) is 0 Å². The molecule has 0 aromatic rings. The number of nitrogens with one attached hydrogen (secondary N) is 1. The van der Waals surface area contributed by atoms with Crippen LogP contribution < -0.4 is 5.32 Å². The van der Waals surface area contributed by atoms with Crippen molar-refractivity contribution in [2.75, 3.05) is 13.2 Å². The first-order valence-electron chi connectivity index (χ1n) is 4.77. The first-order valence-corrected chi connectivity index (χ1v) is 4.77. The maximum Gasteiger partial charge on any atom is 0.333 e. The molecule has 4 nitrogen and oxygen atoms in total. The number of hydrogen-bond donors (Lipinski definition) is 1. The molecule has 0 heterocycles. The molecule has 0 aliphatic rings. The van der Waals surface area contributed by atoms with Crippen molar-refractivity contribution < 1.29 is 14.3 Å². The van der Waals surface area contributed by atoms with Gasteiger partial charge in [0.1, 0.15) is 6.61 Å². The van der Waals surface area contributed by atoms with E-state index >= 15 is 0 Å². The fourth-order valence-electron chi connectivity index (χ4n) is 0.706. The molecule has 4 heteroatoms. The van der Waals surface area contributed by atoms with Gasteiger partial charge in [0.2, 0.25) is 5.91 Å².